The first-order chi connectivity index (χ1) is 10.2. The molecular formula is C17H27N3O. The molecule has 1 saturated heterocycles. The molecule has 1 fully saturated rings. The van der Waals surface area contributed by atoms with E-state index in [4.69, 9.17) is 4.74 Å². The summed E-state index contributed by atoms with van der Waals surface area (Å²) in [6, 6.07) is 9.82. The minimum atomic E-state index is 0.357. The van der Waals surface area contributed by atoms with Gasteiger partial charge in [0.15, 0.2) is 0 Å². The summed E-state index contributed by atoms with van der Waals surface area (Å²) in [5.74, 6) is 1.04. The van der Waals surface area contributed by atoms with Gasteiger partial charge in [0.25, 0.3) is 0 Å². The minimum Gasteiger partial charge on any atom is -0.492 e. The third-order valence-corrected chi connectivity index (χ3v) is 5.03. The highest BCUT2D eigenvalue weighted by Crippen LogP contribution is 2.34. The van der Waals surface area contributed by atoms with E-state index < -0.39 is 0 Å². The third kappa shape index (κ3) is 2.80. The van der Waals surface area contributed by atoms with E-state index in [1.807, 2.05) is 6.07 Å². The topological polar surface area (TPSA) is 27.7 Å². The average Bonchev–Trinajstić information content (AvgIpc) is 2.53. The lowest BCUT2D eigenvalue weighted by Gasteiger charge is -2.46. The molecular weight excluding hydrogens is 262 g/mol. The second kappa shape index (κ2) is 6.34. The van der Waals surface area contributed by atoms with Gasteiger partial charge in [-0.15, -0.1) is 0 Å². The van der Waals surface area contributed by atoms with Crippen LogP contribution in [0.5, 0.6) is 5.75 Å². The molecule has 0 radical (unpaired) electrons. The van der Waals surface area contributed by atoms with E-state index in [2.05, 4.69) is 54.2 Å². The maximum absolute atomic E-state index is 6.01. The van der Waals surface area contributed by atoms with Gasteiger partial charge < -0.3 is 10.1 Å². The van der Waals surface area contributed by atoms with E-state index >= 15 is 0 Å². The van der Waals surface area contributed by atoms with Gasteiger partial charge in [0.2, 0.25) is 0 Å². The Hall–Kier alpha value is -1.10. The predicted octanol–water partition coefficient (Wildman–Crippen LogP) is 1.73. The SMILES string of the molecule is CCN1CCN(C2COc3ccccc3C2NC)CC1C. The fourth-order valence-corrected chi connectivity index (χ4v) is 3.81. The highest BCUT2D eigenvalue weighted by Gasteiger charge is 2.36. The van der Waals surface area contributed by atoms with Crippen molar-refractivity contribution in [1.82, 2.24) is 15.1 Å². The molecule has 2 aliphatic heterocycles. The second-order valence-corrected chi connectivity index (χ2v) is 6.16. The van der Waals surface area contributed by atoms with E-state index in [1.165, 1.54) is 5.56 Å². The fourth-order valence-electron chi connectivity index (χ4n) is 3.81. The van der Waals surface area contributed by atoms with Crippen LogP contribution in [0.15, 0.2) is 24.3 Å². The highest BCUT2D eigenvalue weighted by molar-refractivity contribution is 5.38. The van der Waals surface area contributed by atoms with Gasteiger partial charge in [0.05, 0.1) is 12.1 Å². The standard InChI is InChI=1S/C17H27N3O/c1-4-19-9-10-20(11-13(19)2)15-12-21-16-8-6-5-7-14(16)17(15)18-3/h5-8,13,15,17-18H,4,9-12H2,1-3H3. The summed E-state index contributed by atoms with van der Waals surface area (Å²) in [6.07, 6.45) is 0. The molecule has 3 rings (SSSR count). The van der Waals surface area contributed by atoms with E-state index in [9.17, 15) is 0 Å². The average molecular weight is 289 g/mol. The summed E-state index contributed by atoms with van der Waals surface area (Å²) < 4.78 is 6.01. The zero-order valence-electron chi connectivity index (χ0n) is 13.4. The molecule has 3 unspecified atom stereocenters. The number of piperazine rings is 1. The molecule has 1 aromatic carbocycles. The van der Waals surface area contributed by atoms with E-state index in [0.29, 0.717) is 18.1 Å². The van der Waals surface area contributed by atoms with Crippen molar-refractivity contribution in [1.29, 1.82) is 0 Å². The molecule has 1 N–H and O–H groups in total. The molecule has 0 amide bonds. The monoisotopic (exact) mass is 289 g/mol. The quantitative estimate of drug-likeness (QED) is 0.917. The van der Waals surface area contributed by atoms with Crippen LogP contribution >= 0.6 is 0 Å². The van der Waals surface area contributed by atoms with Crippen molar-refractivity contribution in [3.05, 3.63) is 29.8 Å². The summed E-state index contributed by atoms with van der Waals surface area (Å²) in [7, 11) is 2.06. The molecule has 1 aromatic rings. The number of likely N-dealkylation sites (N-methyl/N-ethyl adjacent to an activating group) is 2. The maximum atomic E-state index is 6.01. The number of nitrogens with one attached hydrogen (secondary N) is 1. The molecule has 4 heteroatoms. The van der Waals surface area contributed by atoms with Gasteiger partial charge in [-0.2, -0.15) is 0 Å². The first-order valence-electron chi connectivity index (χ1n) is 8.11. The Balaban J connectivity index is 1.77. The number of hydrogen-bond acceptors (Lipinski definition) is 4. The summed E-state index contributed by atoms with van der Waals surface area (Å²) in [4.78, 5) is 5.16. The molecule has 2 aliphatic rings. The van der Waals surface area contributed by atoms with Crippen LogP contribution in [-0.4, -0.2) is 61.7 Å². The van der Waals surface area contributed by atoms with Crippen molar-refractivity contribution in [2.24, 2.45) is 0 Å². The van der Waals surface area contributed by atoms with Gasteiger partial charge in [0.1, 0.15) is 12.4 Å². The molecule has 0 spiro atoms. The zero-order chi connectivity index (χ0) is 14.8. The van der Waals surface area contributed by atoms with E-state index in [1.54, 1.807) is 0 Å². The van der Waals surface area contributed by atoms with Crippen LogP contribution in [0.4, 0.5) is 0 Å². The highest BCUT2D eigenvalue weighted by atomic mass is 16.5. The largest absolute Gasteiger partial charge is 0.492 e. The third-order valence-electron chi connectivity index (χ3n) is 5.03. The van der Waals surface area contributed by atoms with E-state index in [-0.39, 0.29) is 0 Å². The Morgan fingerprint density at radius 1 is 1.29 bits per heavy atom. The number of nitrogens with zero attached hydrogens (tertiary/aromatic N) is 2. The number of rotatable bonds is 3. The van der Waals surface area contributed by atoms with Gasteiger partial charge in [-0.3, -0.25) is 9.80 Å². The van der Waals surface area contributed by atoms with E-state index in [0.717, 1.165) is 38.5 Å². The number of benzene rings is 1. The Labute approximate surface area is 128 Å². The molecule has 0 bridgehead atoms. The van der Waals surface area contributed by atoms with Crippen molar-refractivity contribution in [2.75, 3.05) is 39.8 Å². The number of hydrogen-bond donors (Lipinski definition) is 1. The summed E-state index contributed by atoms with van der Waals surface area (Å²) in [6.45, 7) is 9.93. The van der Waals surface area contributed by atoms with Crippen LogP contribution in [-0.2, 0) is 0 Å². The molecule has 2 heterocycles. The fraction of sp³-hybridized carbons (Fsp3) is 0.647. The lowest BCUT2D eigenvalue weighted by Crippen LogP contribution is -2.59. The Kier molecular flexibility index (Phi) is 4.48. The van der Waals surface area contributed by atoms with Crippen LogP contribution < -0.4 is 10.1 Å². The zero-order valence-corrected chi connectivity index (χ0v) is 13.4. The van der Waals surface area contributed by atoms with Gasteiger partial charge in [-0.1, -0.05) is 25.1 Å². The van der Waals surface area contributed by atoms with Crippen molar-refractivity contribution in [2.45, 2.75) is 32.0 Å². The Bertz CT molecular complexity index is 479. The molecule has 0 aromatic heterocycles. The van der Waals surface area contributed by atoms with Crippen LogP contribution in [0.25, 0.3) is 0 Å². The van der Waals surface area contributed by atoms with Crippen molar-refractivity contribution < 1.29 is 4.74 Å². The van der Waals surface area contributed by atoms with Crippen LogP contribution in [0, 0.1) is 0 Å². The first kappa shape index (κ1) is 14.8. The molecule has 4 nitrogen and oxygen atoms in total. The lowest BCUT2D eigenvalue weighted by atomic mass is 9.94. The van der Waals surface area contributed by atoms with Crippen molar-refractivity contribution in [3.8, 4) is 5.75 Å². The lowest BCUT2D eigenvalue weighted by molar-refractivity contribution is 0.0201. The summed E-state index contributed by atoms with van der Waals surface area (Å²) in [5.41, 5.74) is 1.29. The van der Waals surface area contributed by atoms with Gasteiger partial charge in [0, 0.05) is 31.2 Å². The Morgan fingerprint density at radius 3 is 2.81 bits per heavy atom. The van der Waals surface area contributed by atoms with Crippen molar-refractivity contribution in [3.63, 3.8) is 0 Å². The number of fused-ring (bicyclic) bond motifs is 1. The second-order valence-electron chi connectivity index (χ2n) is 6.16. The van der Waals surface area contributed by atoms with Gasteiger partial charge in [-0.25, -0.2) is 0 Å². The smallest absolute Gasteiger partial charge is 0.124 e. The van der Waals surface area contributed by atoms with Crippen LogP contribution in [0.2, 0.25) is 0 Å². The maximum Gasteiger partial charge on any atom is 0.124 e. The Morgan fingerprint density at radius 2 is 2.10 bits per heavy atom. The molecule has 0 aliphatic carbocycles. The molecule has 21 heavy (non-hydrogen) atoms. The summed E-state index contributed by atoms with van der Waals surface area (Å²) in [5, 5.41) is 3.51. The number of ether oxygens (including phenoxy) is 1. The van der Waals surface area contributed by atoms with Crippen molar-refractivity contribution >= 4 is 0 Å². The summed E-state index contributed by atoms with van der Waals surface area (Å²) >= 11 is 0. The molecule has 3 atom stereocenters. The van der Waals surface area contributed by atoms with Crippen LogP contribution in [0.3, 0.4) is 0 Å². The first-order valence-corrected chi connectivity index (χ1v) is 8.11. The van der Waals surface area contributed by atoms with Gasteiger partial charge >= 0.3 is 0 Å². The number of para-hydroxylation sites is 1. The predicted molar refractivity (Wildman–Crippen MR) is 85.8 cm³/mol. The van der Waals surface area contributed by atoms with Gasteiger partial charge in [-0.05, 0) is 26.6 Å². The normalized spacial score (nSPS) is 30.7. The molecule has 0 saturated carbocycles. The van der Waals surface area contributed by atoms with Crippen LogP contribution in [0.1, 0.15) is 25.5 Å². The molecule has 116 valence electrons. The minimum absolute atomic E-state index is 0.357.